The van der Waals surface area contributed by atoms with Crippen molar-refractivity contribution in [2.45, 2.75) is 4.90 Å². The predicted octanol–water partition coefficient (Wildman–Crippen LogP) is 2.23. The Morgan fingerprint density at radius 1 is 1.33 bits per heavy atom. The normalized spacial score (nSPS) is 11.5. The summed E-state index contributed by atoms with van der Waals surface area (Å²) in [6, 6.07) is 7.44. The van der Waals surface area contributed by atoms with Crippen molar-refractivity contribution < 1.29 is 12.8 Å². The number of benzene rings is 1. The Morgan fingerprint density at radius 3 is 2.67 bits per heavy atom. The van der Waals surface area contributed by atoms with Gasteiger partial charge in [0, 0.05) is 22.1 Å². The van der Waals surface area contributed by atoms with E-state index in [1.807, 2.05) is 6.07 Å². The van der Waals surface area contributed by atoms with Crippen molar-refractivity contribution >= 4 is 30.7 Å². The second-order valence-electron chi connectivity index (χ2n) is 2.86. The third-order valence-corrected chi connectivity index (χ3v) is 3.23. The van der Waals surface area contributed by atoms with Gasteiger partial charge in [-0.15, -0.1) is 0 Å². The lowest BCUT2D eigenvalue weighted by Gasteiger charge is -1.94. The summed E-state index contributed by atoms with van der Waals surface area (Å²) in [6.07, 6.45) is 0. The smallest absolute Gasteiger partial charge is 0.261 e. The van der Waals surface area contributed by atoms with E-state index in [0.717, 1.165) is 0 Å². The van der Waals surface area contributed by atoms with Crippen molar-refractivity contribution in [3.05, 3.63) is 30.0 Å². The third kappa shape index (κ3) is 1.82. The average molecular weight is 242 g/mol. The van der Waals surface area contributed by atoms with Crippen LogP contribution in [0.4, 0.5) is 0 Å². The number of fused-ring (bicyclic) bond motifs is 1. The van der Waals surface area contributed by atoms with Crippen LogP contribution in [0.15, 0.2) is 33.6 Å². The first-order chi connectivity index (χ1) is 7.00. The fourth-order valence-electron chi connectivity index (χ4n) is 1.23. The maximum Gasteiger partial charge on any atom is 0.261 e. The molecule has 0 unspecified atom stereocenters. The molecule has 1 heterocycles. The Kier molecular flexibility index (Phi) is 2.18. The Balaban J connectivity index is 2.72. The Hall–Kier alpha value is -1.51. The van der Waals surface area contributed by atoms with E-state index in [1.54, 1.807) is 0 Å². The van der Waals surface area contributed by atoms with Gasteiger partial charge >= 0.3 is 0 Å². The van der Waals surface area contributed by atoms with E-state index in [4.69, 9.17) is 20.4 Å². The lowest BCUT2D eigenvalue weighted by molar-refractivity contribution is 0.599. The van der Waals surface area contributed by atoms with E-state index >= 15 is 0 Å². The van der Waals surface area contributed by atoms with E-state index in [2.05, 4.69) is 0 Å². The third-order valence-electron chi connectivity index (χ3n) is 1.88. The molecule has 0 saturated heterocycles. The minimum absolute atomic E-state index is 0.0121. The first-order valence-electron chi connectivity index (χ1n) is 3.89. The molecule has 0 aliphatic rings. The van der Waals surface area contributed by atoms with Crippen LogP contribution in [0.2, 0.25) is 0 Å². The van der Waals surface area contributed by atoms with Crippen molar-refractivity contribution in [2.24, 2.45) is 0 Å². The highest BCUT2D eigenvalue weighted by molar-refractivity contribution is 8.13. The second-order valence-corrected chi connectivity index (χ2v) is 5.43. The van der Waals surface area contributed by atoms with Gasteiger partial charge in [0.05, 0.1) is 4.90 Å². The first-order valence-corrected chi connectivity index (χ1v) is 6.20. The molecule has 4 nitrogen and oxygen atoms in total. The van der Waals surface area contributed by atoms with Crippen LogP contribution in [0.5, 0.6) is 0 Å². The standard InChI is InChI=1S/C9H4ClNO3S/c10-15(12,13)8-1-2-9-6(4-8)3-7(5-11)14-9/h1-4H. The lowest BCUT2D eigenvalue weighted by atomic mass is 10.2. The molecule has 1 aromatic carbocycles. The van der Waals surface area contributed by atoms with Gasteiger partial charge in [-0.3, -0.25) is 0 Å². The second kappa shape index (κ2) is 3.26. The van der Waals surface area contributed by atoms with Crippen LogP contribution in [-0.2, 0) is 9.05 Å². The van der Waals surface area contributed by atoms with Crippen molar-refractivity contribution in [3.8, 4) is 6.07 Å². The van der Waals surface area contributed by atoms with Gasteiger partial charge < -0.3 is 4.42 Å². The summed E-state index contributed by atoms with van der Waals surface area (Å²) in [5, 5.41) is 9.12. The minimum atomic E-state index is -3.74. The Bertz CT molecular complexity index is 666. The Labute approximate surface area is 90.1 Å². The largest absolute Gasteiger partial charge is 0.446 e. The van der Waals surface area contributed by atoms with Crippen LogP contribution in [0.3, 0.4) is 0 Å². The first kappa shape index (κ1) is 10.0. The molecule has 1 aromatic heterocycles. The Morgan fingerprint density at radius 2 is 2.07 bits per heavy atom. The molecule has 2 rings (SSSR count). The highest BCUT2D eigenvalue weighted by Crippen LogP contribution is 2.24. The van der Waals surface area contributed by atoms with Gasteiger partial charge in [0.25, 0.3) is 9.05 Å². The van der Waals surface area contributed by atoms with Crippen LogP contribution in [0, 0.1) is 11.3 Å². The molecule has 0 amide bonds. The number of halogens is 1. The molecule has 0 spiro atoms. The van der Waals surface area contributed by atoms with Gasteiger partial charge in [-0.05, 0) is 18.2 Å². The zero-order valence-electron chi connectivity index (χ0n) is 7.27. The van der Waals surface area contributed by atoms with Gasteiger partial charge in [-0.1, -0.05) is 0 Å². The molecule has 0 atom stereocenters. The monoisotopic (exact) mass is 241 g/mol. The topological polar surface area (TPSA) is 71.1 Å². The molecule has 2 aromatic rings. The summed E-state index contributed by atoms with van der Waals surface area (Å²) in [5.41, 5.74) is 0.454. The molecule has 0 fully saturated rings. The van der Waals surface area contributed by atoms with Gasteiger partial charge in [0.15, 0.2) is 0 Å². The molecule has 0 bridgehead atoms. The lowest BCUT2D eigenvalue weighted by Crippen LogP contribution is -1.88. The minimum Gasteiger partial charge on any atom is -0.446 e. The molecule has 0 saturated carbocycles. The molecule has 76 valence electrons. The van der Waals surface area contributed by atoms with E-state index in [9.17, 15) is 8.42 Å². The number of furan rings is 1. The van der Waals surface area contributed by atoms with Crippen LogP contribution in [0.1, 0.15) is 5.76 Å². The maximum atomic E-state index is 11.0. The number of nitrogens with zero attached hydrogens (tertiary/aromatic N) is 1. The average Bonchev–Trinajstić information content (AvgIpc) is 2.57. The predicted molar refractivity (Wildman–Crippen MR) is 54.0 cm³/mol. The van der Waals surface area contributed by atoms with Crippen LogP contribution in [-0.4, -0.2) is 8.42 Å². The van der Waals surface area contributed by atoms with Crippen LogP contribution >= 0.6 is 10.7 Å². The maximum absolute atomic E-state index is 11.0. The zero-order chi connectivity index (χ0) is 11.1. The molecule has 15 heavy (non-hydrogen) atoms. The fraction of sp³-hybridized carbons (Fsp3) is 0. The van der Waals surface area contributed by atoms with Crippen molar-refractivity contribution in [3.63, 3.8) is 0 Å². The van der Waals surface area contributed by atoms with Crippen molar-refractivity contribution in [1.82, 2.24) is 0 Å². The quantitative estimate of drug-likeness (QED) is 0.718. The summed E-state index contributed by atoms with van der Waals surface area (Å²) in [5.74, 6) is 0.133. The van der Waals surface area contributed by atoms with E-state index in [-0.39, 0.29) is 10.7 Å². The van der Waals surface area contributed by atoms with Gasteiger partial charge in [-0.2, -0.15) is 5.26 Å². The molecular weight excluding hydrogens is 238 g/mol. The van der Waals surface area contributed by atoms with E-state index < -0.39 is 9.05 Å². The molecule has 0 aliphatic carbocycles. The van der Waals surface area contributed by atoms with E-state index in [0.29, 0.717) is 11.0 Å². The van der Waals surface area contributed by atoms with Gasteiger partial charge in [0.1, 0.15) is 11.7 Å². The molecule has 6 heteroatoms. The van der Waals surface area contributed by atoms with Crippen molar-refractivity contribution in [2.75, 3.05) is 0 Å². The van der Waals surface area contributed by atoms with Crippen LogP contribution < -0.4 is 0 Å². The molecule has 0 N–H and O–H groups in total. The summed E-state index contributed by atoms with van der Waals surface area (Å²) in [7, 11) is 1.43. The zero-order valence-corrected chi connectivity index (χ0v) is 8.84. The fourth-order valence-corrected chi connectivity index (χ4v) is 2.01. The van der Waals surface area contributed by atoms with Crippen LogP contribution in [0.25, 0.3) is 11.0 Å². The number of rotatable bonds is 1. The van der Waals surface area contributed by atoms with Gasteiger partial charge in [0.2, 0.25) is 5.76 Å². The molecule has 0 radical (unpaired) electrons. The number of hydrogen-bond donors (Lipinski definition) is 0. The van der Waals surface area contributed by atoms with E-state index in [1.165, 1.54) is 24.3 Å². The SMILES string of the molecule is N#Cc1cc2cc(S(=O)(=O)Cl)ccc2o1. The summed E-state index contributed by atoms with van der Waals surface area (Å²) >= 11 is 0. The summed E-state index contributed by atoms with van der Waals surface area (Å²) in [4.78, 5) is -0.0121. The highest BCUT2D eigenvalue weighted by Gasteiger charge is 2.12. The summed E-state index contributed by atoms with van der Waals surface area (Å²) in [6.45, 7) is 0. The molecular formula is C9H4ClNO3S. The number of hydrogen-bond acceptors (Lipinski definition) is 4. The van der Waals surface area contributed by atoms with Gasteiger partial charge in [-0.25, -0.2) is 8.42 Å². The summed E-state index contributed by atoms with van der Waals surface area (Å²) < 4.78 is 27.1. The highest BCUT2D eigenvalue weighted by atomic mass is 35.7. The van der Waals surface area contributed by atoms with Crippen molar-refractivity contribution in [1.29, 1.82) is 5.26 Å². The number of nitriles is 1. The molecule has 0 aliphatic heterocycles.